The van der Waals surface area contributed by atoms with Crippen LogP contribution in [0.3, 0.4) is 0 Å². The Balaban J connectivity index is 1.13. The van der Waals surface area contributed by atoms with E-state index in [1.165, 1.54) is 48.6 Å². The summed E-state index contributed by atoms with van der Waals surface area (Å²) in [6.07, 6.45) is 1.69. The van der Waals surface area contributed by atoms with E-state index >= 15 is 0 Å². The predicted octanol–water partition coefficient (Wildman–Crippen LogP) is 10.9. The van der Waals surface area contributed by atoms with E-state index in [9.17, 15) is 0 Å². The molecule has 3 heterocycles. The summed E-state index contributed by atoms with van der Waals surface area (Å²) in [4.78, 5) is 9.38. The molecule has 0 aliphatic carbocycles. The maximum absolute atomic E-state index is 4.75. The summed E-state index contributed by atoms with van der Waals surface area (Å²) in [5.74, 6) is 0. The number of nitrogens with zero attached hydrogens (tertiary/aromatic N) is 3. The lowest BCUT2D eigenvalue weighted by Gasteiger charge is -2.12. The number of hydrogen-bond acceptors (Lipinski definition) is 3. The molecule has 206 valence electrons. The third kappa shape index (κ3) is 3.96. The first-order valence-electron chi connectivity index (χ1n) is 14.7. The van der Waals surface area contributed by atoms with Gasteiger partial charge in [0.05, 0.1) is 26.9 Å². The molecule has 0 amide bonds. The maximum atomic E-state index is 4.75. The number of para-hydroxylation sites is 2. The van der Waals surface area contributed by atoms with Crippen molar-refractivity contribution in [3.05, 3.63) is 152 Å². The van der Waals surface area contributed by atoms with Crippen molar-refractivity contribution in [3.8, 4) is 39.2 Å². The van der Waals surface area contributed by atoms with E-state index in [0.717, 1.165) is 32.7 Å². The fourth-order valence-electron chi connectivity index (χ4n) is 6.48. The zero-order valence-electron chi connectivity index (χ0n) is 23.7. The van der Waals surface area contributed by atoms with E-state index in [4.69, 9.17) is 4.98 Å². The summed E-state index contributed by atoms with van der Waals surface area (Å²) < 4.78 is 4.73. The van der Waals surface area contributed by atoms with Crippen molar-refractivity contribution < 1.29 is 0 Å². The Labute approximate surface area is 258 Å². The van der Waals surface area contributed by atoms with Gasteiger partial charge in [-0.3, -0.25) is 0 Å². The lowest BCUT2D eigenvalue weighted by atomic mass is 9.97. The molecule has 0 saturated carbocycles. The van der Waals surface area contributed by atoms with E-state index in [-0.39, 0.29) is 0 Å². The molecule has 0 aliphatic heterocycles. The second kappa shape index (κ2) is 10.0. The van der Waals surface area contributed by atoms with Crippen molar-refractivity contribution in [1.29, 1.82) is 0 Å². The van der Waals surface area contributed by atoms with Crippen molar-refractivity contribution >= 4 is 53.4 Å². The van der Waals surface area contributed by atoms with Crippen LogP contribution < -0.4 is 0 Å². The van der Waals surface area contributed by atoms with Crippen molar-refractivity contribution in [3.63, 3.8) is 0 Å². The highest BCUT2D eigenvalue weighted by Crippen LogP contribution is 2.39. The summed E-state index contributed by atoms with van der Waals surface area (Å²) >= 11 is 1.76. The molecule has 0 N–H and O–H groups in total. The standard InChI is InChI=1S/C40H25N3S/c1-4-19-35-32(16-1)33-17-2-5-20-36(33)43(35)31-15-9-13-29(24-31)27-11-7-10-26(22-27)28-12-8-14-30(23-28)38-40-39(42-25-41-38)34-18-3-6-21-37(34)44-40/h1-25H. The van der Waals surface area contributed by atoms with Gasteiger partial charge in [0.15, 0.2) is 0 Å². The first kappa shape index (κ1) is 25.0. The molecule has 4 heteroatoms. The molecule has 0 fully saturated rings. The molecule has 44 heavy (non-hydrogen) atoms. The quantitative estimate of drug-likeness (QED) is 0.208. The molecule has 9 rings (SSSR count). The number of hydrogen-bond donors (Lipinski definition) is 0. The second-order valence-corrected chi connectivity index (χ2v) is 12.1. The van der Waals surface area contributed by atoms with Gasteiger partial charge in [0, 0.05) is 32.1 Å². The molecule has 0 aliphatic rings. The van der Waals surface area contributed by atoms with Gasteiger partial charge in [0.1, 0.15) is 6.33 Å². The molecule has 9 aromatic rings. The Kier molecular flexibility index (Phi) is 5.68. The summed E-state index contributed by atoms with van der Waals surface area (Å²) in [5, 5.41) is 3.72. The van der Waals surface area contributed by atoms with Crippen LogP contribution in [0.25, 0.3) is 81.3 Å². The van der Waals surface area contributed by atoms with Gasteiger partial charge >= 0.3 is 0 Å². The lowest BCUT2D eigenvalue weighted by Crippen LogP contribution is -1.94. The fourth-order valence-corrected chi connectivity index (χ4v) is 7.65. The summed E-state index contributed by atoms with van der Waals surface area (Å²) in [7, 11) is 0. The van der Waals surface area contributed by atoms with Crippen LogP contribution in [0.5, 0.6) is 0 Å². The smallest absolute Gasteiger partial charge is 0.116 e. The van der Waals surface area contributed by atoms with E-state index < -0.39 is 0 Å². The van der Waals surface area contributed by atoms with E-state index in [2.05, 4.69) is 155 Å². The van der Waals surface area contributed by atoms with Crippen LogP contribution in [-0.2, 0) is 0 Å². The number of fused-ring (bicyclic) bond motifs is 6. The fraction of sp³-hybridized carbons (Fsp3) is 0. The molecule has 6 aromatic carbocycles. The molecule has 0 radical (unpaired) electrons. The van der Waals surface area contributed by atoms with Gasteiger partial charge in [-0.05, 0) is 64.7 Å². The molecule has 3 aromatic heterocycles. The van der Waals surface area contributed by atoms with E-state index in [1.807, 2.05) is 0 Å². The maximum Gasteiger partial charge on any atom is 0.116 e. The summed E-state index contributed by atoms with van der Waals surface area (Å²) in [6, 6.07) is 52.2. The van der Waals surface area contributed by atoms with Crippen molar-refractivity contribution in [2.24, 2.45) is 0 Å². The van der Waals surface area contributed by atoms with Gasteiger partial charge in [0.2, 0.25) is 0 Å². The van der Waals surface area contributed by atoms with Gasteiger partial charge < -0.3 is 4.57 Å². The molecule has 3 nitrogen and oxygen atoms in total. The molecular weight excluding hydrogens is 555 g/mol. The molecule has 0 unspecified atom stereocenters. The second-order valence-electron chi connectivity index (χ2n) is 11.1. The molecule has 0 spiro atoms. The number of aromatic nitrogens is 3. The van der Waals surface area contributed by atoms with Crippen LogP contribution >= 0.6 is 11.3 Å². The Morgan fingerprint density at radius 1 is 0.455 bits per heavy atom. The number of thiophene rings is 1. The van der Waals surface area contributed by atoms with Crippen LogP contribution in [0.2, 0.25) is 0 Å². The summed E-state index contributed by atoms with van der Waals surface area (Å²) in [6.45, 7) is 0. The molecule has 0 saturated heterocycles. The average molecular weight is 580 g/mol. The molecule has 0 atom stereocenters. The van der Waals surface area contributed by atoms with Gasteiger partial charge in [-0.2, -0.15) is 0 Å². The first-order chi connectivity index (χ1) is 21.8. The largest absolute Gasteiger partial charge is 0.309 e. The number of benzene rings is 6. The third-order valence-corrected chi connectivity index (χ3v) is 9.67. The molecular formula is C40H25N3S. The Bertz CT molecular complexity index is 2470. The minimum Gasteiger partial charge on any atom is -0.309 e. The highest BCUT2D eigenvalue weighted by atomic mass is 32.1. The first-order valence-corrected chi connectivity index (χ1v) is 15.6. The average Bonchev–Trinajstić information content (AvgIpc) is 3.65. The van der Waals surface area contributed by atoms with Crippen LogP contribution in [0, 0.1) is 0 Å². The van der Waals surface area contributed by atoms with Crippen LogP contribution in [0.15, 0.2) is 152 Å². The van der Waals surface area contributed by atoms with Crippen molar-refractivity contribution in [1.82, 2.24) is 14.5 Å². The highest BCUT2D eigenvalue weighted by Gasteiger charge is 2.14. The monoisotopic (exact) mass is 579 g/mol. The Morgan fingerprint density at radius 2 is 1.00 bits per heavy atom. The zero-order chi connectivity index (χ0) is 29.0. The van der Waals surface area contributed by atoms with Gasteiger partial charge in [-0.15, -0.1) is 11.3 Å². The van der Waals surface area contributed by atoms with Crippen molar-refractivity contribution in [2.75, 3.05) is 0 Å². The van der Waals surface area contributed by atoms with Gasteiger partial charge in [-0.1, -0.05) is 103 Å². The topological polar surface area (TPSA) is 30.7 Å². The third-order valence-electron chi connectivity index (χ3n) is 8.51. The van der Waals surface area contributed by atoms with Crippen LogP contribution in [0.4, 0.5) is 0 Å². The lowest BCUT2D eigenvalue weighted by molar-refractivity contribution is 1.18. The van der Waals surface area contributed by atoms with E-state index in [1.54, 1.807) is 17.7 Å². The normalized spacial score (nSPS) is 11.6. The van der Waals surface area contributed by atoms with Crippen molar-refractivity contribution in [2.45, 2.75) is 0 Å². The van der Waals surface area contributed by atoms with Gasteiger partial charge in [0.25, 0.3) is 0 Å². The minimum absolute atomic E-state index is 0.980. The predicted molar refractivity (Wildman–Crippen MR) is 186 cm³/mol. The Morgan fingerprint density at radius 3 is 1.70 bits per heavy atom. The van der Waals surface area contributed by atoms with E-state index in [0.29, 0.717) is 0 Å². The SMILES string of the molecule is c1cc(-c2cccc(-c3ncnc4c3sc3ccccc34)c2)cc(-c2cccc(-n3c4ccccc4c4ccccc43)c2)c1. The van der Waals surface area contributed by atoms with Crippen LogP contribution in [0.1, 0.15) is 0 Å². The van der Waals surface area contributed by atoms with Gasteiger partial charge in [-0.25, -0.2) is 9.97 Å². The minimum atomic E-state index is 0.980. The Hall–Kier alpha value is -5.58. The van der Waals surface area contributed by atoms with Crippen LogP contribution in [-0.4, -0.2) is 14.5 Å². The molecule has 0 bridgehead atoms. The number of rotatable bonds is 4. The summed E-state index contributed by atoms with van der Waals surface area (Å²) in [5.41, 5.74) is 11.4. The zero-order valence-corrected chi connectivity index (χ0v) is 24.5. The highest BCUT2D eigenvalue weighted by molar-refractivity contribution is 7.26.